The summed E-state index contributed by atoms with van der Waals surface area (Å²) >= 11 is 2.10. The van der Waals surface area contributed by atoms with Gasteiger partial charge in [-0.3, -0.25) is 4.79 Å². The van der Waals surface area contributed by atoms with Gasteiger partial charge in [-0.05, 0) is 71.8 Å². The molecule has 0 heterocycles. The minimum absolute atomic E-state index is 0.0150. The van der Waals surface area contributed by atoms with Crippen LogP contribution in [0.1, 0.15) is 18.1 Å². The molecule has 0 bridgehead atoms. The van der Waals surface area contributed by atoms with E-state index in [4.69, 9.17) is 15.9 Å². The zero-order valence-corrected chi connectivity index (χ0v) is 17.7. The van der Waals surface area contributed by atoms with Gasteiger partial charge >= 0.3 is 0 Å². The number of carbonyl (C=O) groups is 1. The highest BCUT2D eigenvalue weighted by atomic mass is 127. The van der Waals surface area contributed by atoms with E-state index in [9.17, 15) is 10.1 Å². The Kier molecular flexibility index (Phi) is 7.91. The number of nitrogens with zero attached hydrogens (tertiary/aromatic N) is 1. The number of halogens is 1. The second kappa shape index (κ2) is 10.4. The van der Waals surface area contributed by atoms with E-state index in [1.807, 2.05) is 38.1 Å². The Bertz CT molecular complexity index is 984. The van der Waals surface area contributed by atoms with Crippen molar-refractivity contribution in [3.63, 3.8) is 0 Å². The molecule has 2 aromatic rings. The van der Waals surface area contributed by atoms with Crippen LogP contribution in [0.4, 0.5) is 5.69 Å². The maximum atomic E-state index is 12.5. The summed E-state index contributed by atoms with van der Waals surface area (Å²) in [6.07, 6.45) is 6.78. The molecule has 0 saturated heterocycles. The van der Waals surface area contributed by atoms with E-state index in [1.54, 1.807) is 18.2 Å². The molecule has 0 aliphatic heterocycles. The third kappa shape index (κ3) is 5.51. The summed E-state index contributed by atoms with van der Waals surface area (Å²) in [5.41, 5.74) is 2.21. The summed E-state index contributed by atoms with van der Waals surface area (Å²) in [6, 6.07) is 12.9. The van der Waals surface area contributed by atoms with Gasteiger partial charge in [-0.15, -0.1) is 6.42 Å². The number of nitriles is 1. The fourth-order valence-electron chi connectivity index (χ4n) is 2.41. The van der Waals surface area contributed by atoms with Gasteiger partial charge in [0.15, 0.2) is 11.5 Å². The second-order valence-corrected chi connectivity index (χ2v) is 6.86. The molecule has 28 heavy (non-hydrogen) atoms. The van der Waals surface area contributed by atoms with Crippen molar-refractivity contribution in [3.05, 3.63) is 56.7 Å². The molecule has 0 fully saturated rings. The van der Waals surface area contributed by atoms with Gasteiger partial charge in [-0.1, -0.05) is 24.1 Å². The van der Waals surface area contributed by atoms with E-state index in [0.29, 0.717) is 29.4 Å². The highest BCUT2D eigenvalue weighted by Gasteiger charge is 2.14. The molecule has 0 atom stereocenters. The van der Waals surface area contributed by atoms with E-state index in [1.165, 1.54) is 6.08 Å². The number of anilines is 1. The zero-order chi connectivity index (χ0) is 20.5. The van der Waals surface area contributed by atoms with Crippen molar-refractivity contribution in [2.45, 2.75) is 13.8 Å². The van der Waals surface area contributed by atoms with Crippen molar-refractivity contribution >= 4 is 40.3 Å². The Labute approximate surface area is 178 Å². The van der Waals surface area contributed by atoms with Gasteiger partial charge in [-0.2, -0.15) is 5.26 Å². The highest BCUT2D eigenvalue weighted by Crippen LogP contribution is 2.35. The number of rotatable bonds is 7. The summed E-state index contributed by atoms with van der Waals surface area (Å²) in [5.74, 6) is 3.00. The minimum Gasteiger partial charge on any atom is -0.490 e. The van der Waals surface area contributed by atoms with Gasteiger partial charge in [0.1, 0.15) is 18.2 Å². The van der Waals surface area contributed by atoms with Crippen LogP contribution < -0.4 is 14.8 Å². The SMILES string of the molecule is C#CCOc1c(I)cc(/C=C(\C#N)C(=O)Nc2ccccc2C)cc1OCC. The average molecular weight is 486 g/mol. The number of amides is 1. The number of hydrogen-bond donors (Lipinski definition) is 1. The lowest BCUT2D eigenvalue weighted by Crippen LogP contribution is -2.14. The van der Waals surface area contributed by atoms with Crippen LogP contribution >= 0.6 is 22.6 Å². The van der Waals surface area contributed by atoms with E-state index in [2.05, 4.69) is 33.8 Å². The van der Waals surface area contributed by atoms with Crippen molar-refractivity contribution in [1.29, 1.82) is 5.26 Å². The first kappa shape index (κ1) is 21.3. The Hall–Kier alpha value is -2.97. The van der Waals surface area contributed by atoms with Crippen LogP contribution in [-0.4, -0.2) is 19.1 Å². The molecule has 0 radical (unpaired) electrons. The third-order valence-corrected chi connectivity index (χ3v) is 4.50. The molecule has 5 nitrogen and oxygen atoms in total. The number of ether oxygens (including phenoxy) is 2. The minimum atomic E-state index is -0.475. The topological polar surface area (TPSA) is 71.3 Å². The first-order valence-corrected chi connectivity index (χ1v) is 9.59. The normalized spacial score (nSPS) is 10.5. The quantitative estimate of drug-likeness (QED) is 0.270. The fourth-order valence-corrected chi connectivity index (χ4v) is 3.19. The maximum absolute atomic E-state index is 12.5. The Morgan fingerprint density at radius 2 is 2.07 bits per heavy atom. The number of terminal acetylenes is 1. The van der Waals surface area contributed by atoms with Crippen molar-refractivity contribution in [1.82, 2.24) is 0 Å². The predicted molar refractivity (Wildman–Crippen MR) is 118 cm³/mol. The van der Waals surface area contributed by atoms with Crippen LogP contribution in [0.15, 0.2) is 42.0 Å². The van der Waals surface area contributed by atoms with Crippen LogP contribution in [0, 0.1) is 34.2 Å². The van der Waals surface area contributed by atoms with Gasteiger partial charge in [0.05, 0.1) is 10.2 Å². The van der Waals surface area contributed by atoms with E-state index in [0.717, 1.165) is 9.13 Å². The zero-order valence-electron chi connectivity index (χ0n) is 15.6. The molecule has 1 N–H and O–H groups in total. The maximum Gasteiger partial charge on any atom is 0.266 e. The second-order valence-electron chi connectivity index (χ2n) is 5.69. The van der Waals surface area contributed by atoms with Crippen molar-refractivity contribution in [2.24, 2.45) is 0 Å². The predicted octanol–water partition coefficient (Wildman–Crippen LogP) is 4.56. The lowest BCUT2D eigenvalue weighted by molar-refractivity contribution is -0.112. The molecule has 0 saturated carbocycles. The van der Waals surface area contributed by atoms with E-state index >= 15 is 0 Å². The number of carbonyl (C=O) groups excluding carboxylic acids is 1. The molecule has 0 unspecified atom stereocenters. The van der Waals surface area contributed by atoms with Gasteiger partial charge in [0.2, 0.25) is 0 Å². The summed E-state index contributed by atoms with van der Waals surface area (Å²) < 4.78 is 12.0. The van der Waals surface area contributed by atoms with Crippen LogP contribution in [0.3, 0.4) is 0 Å². The Morgan fingerprint density at radius 1 is 1.32 bits per heavy atom. The number of hydrogen-bond acceptors (Lipinski definition) is 4. The van der Waals surface area contributed by atoms with Crippen LogP contribution in [0.25, 0.3) is 6.08 Å². The number of nitrogens with one attached hydrogen (secondary N) is 1. The number of aryl methyl sites for hydroxylation is 1. The standard InChI is InChI=1S/C22H19IN2O3/c1-4-10-28-21-18(23)12-16(13-20(21)27-5-2)11-17(14-24)22(26)25-19-9-7-6-8-15(19)3/h1,6-9,11-13H,5,10H2,2-3H3,(H,25,26)/b17-11+. The van der Waals surface area contributed by atoms with Crippen molar-refractivity contribution < 1.29 is 14.3 Å². The number of benzene rings is 2. The number of para-hydroxylation sites is 1. The van der Waals surface area contributed by atoms with Gasteiger partial charge in [-0.25, -0.2) is 0 Å². The molecule has 2 rings (SSSR count). The summed E-state index contributed by atoms with van der Waals surface area (Å²) in [7, 11) is 0. The molecular formula is C22H19IN2O3. The molecule has 1 amide bonds. The van der Waals surface area contributed by atoms with Crippen molar-refractivity contribution in [2.75, 3.05) is 18.5 Å². The van der Waals surface area contributed by atoms with Crippen LogP contribution in [0.2, 0.25) is 0 Å². The first-order valence-electron chi connectivity index (χ1n) is 8.51. The molecule has 0 spiro atoms. The van der Waals surface area contributed by atoms with E-state index in [-0.39, 0.29) is 12.2 Å². The fraction of sp³-hybridized carbons (Fsp3) is 0.182. The van der Waals surface area contributed by atoms with E-state index < -0.39 is 5.91 Å². The Balaban J connectivity index is 2.35. The largest absolute Gasteiger partial charge is 0.490 e. The highest BCUT2D eigenvalue weighted by molar-refractivity contribution is 14.1. The lowest BCUT2D eigenvalue weighted by atomic mass is 10.1. The molecule has 0 aromatic heterocycles. The van der Waals surface area contributed by atoms with Gasteiger partial charge in [0.25, 0.3) is 5.91 Å². The third-order valence-electron chi connectivity index (χ3n) is 3.70. The summed E-state index contributed by atoms with van der Waals surface area (Å²) in [6.45, 7) is 4.30. The monoisotopic (exact) mass is 486 g/mol. The molecule has 6 heteroatoms. The first-order chi connectivity index (χ1) is 13.5. The summed E-state index contributed by atoms with van der Waals surface area (Å²) in [4.78, 5) is 12.5. The molecule has 0 aliphatic carbocycles. The van der Waals surface area contributed by atoms with Crippen LogP contribution in [-0.2, 0) is 4.79 Å². The molecule has 2 aromatic carbocycles. The van der Waals surface area contributed by atoms with Gasteiger partial charge in [0, 0.05) is 5.69 Å². The molecule has 142 valence electrons. The summed E-state index contributed by atoms with van der Waals surface area (Å²) in [5, 5.41) is 12.2. The van der Waals surface area contributed by atoms with Crippen molar-refractivity contribution in [3.8, 4) is 29.9 Å². The lowest BCUT2D eigenvalue weighted by Gasteiger charge is -2.13. The molecule has 0 aliphatic rings. The smallest absolute Gasteiger partial charge is 0.266 e. The van der Waals surface area contributed by atoms with Gasteiger partial charge < -0.3 is 14.8 Å². The molecular weight excluding hydrogens is 467 g/mol. The van der Waals surface area contributed by atoms with Crippen LogP contribution in [0.5, 0.6) is 11.5 Å². The Morgan fingerprint density at radius 3 is 2.71 bits per heavy atom. The average Bonchev–Trinajstić information content (AvgIpc) is 2.67.